The molecule has 1 aromatic carbocycles. The molecular formula is C17H26F2N2. The molecule has 0 aliphatic heterocycles. The second-order valence-electron chi connectivity index (χ2n) is 6.16. The Kier molecular flexibility index (Phi) is 5.71. The van der Waals surface area contributed by atoms with Crippen molar-refractivity contribution in [1.82, 2.24) is 4.90 Å². The van der Waals surface area contributed by atoms with E-state index in [-0.39, 0.29) is 6.04 Å². The zero-order valence-corrected chi connectivity index (χ0v) is 13.0. The van der Waals surface area contributed by atoms with Crippen molar-refractivity contribution in [2.75, 3.05) is 6.54 Å². The van der Waals surface area contributed by atoms with Gasteiger partial charge in [0.1, 0.15) is 0 Å². The first-order valence-corrected chi connectivity index (χ1v) is 7.99. The van der Waals surface area contributed by atoms with Gasteiger partial charge in [-0.05, 0) is 63.3 Å². The number of halogens is 2. The number of nitrogens with zero attached hydrogens (tertiary/aromatic N) is 1. The van der Waals surface area contributed by atoms with Crippen molar-refractivity contribution in [3.05, 3.63) is 35.4 Å². The summed E-state index contributed by atoms with van der Waals surface area (Å²) in [5.41, 5.74) is 6.83. The van der Waals surface area contributed by atoms with Crippen molar-refractivity contribution in [3.8, 4) is 0 Å². The van der Waals surface area contributed by atoms with Crippen molar-refractivity contribution < 1.29 is 8.78 Å². The number of hydrogen-bond acceptors (Lipinski definition) is 2. The Morgan fingerprint density at radius 2 is 1.86 bits per heavy atom. The summed E-state index contributed by atoms with van der Waals surface area (Å²) >= 11 is 0. The van der Waals surface area contributed by atoms with E-state index in [0.717, 1.165) is 44.2 Å². The molecule has 1 aliphatic carbocycles. The molecule has 0 heterocycles. The first kappa shape index (κ1) is 16.4. The van der Waals surface area contributed by atoms with Gasteiger partial charge in [0.2, 0.25) is 0 Å². The minimum absolute atomic E-state index is 0.0966. The molecular weight excluding hydrogens is 270 g/mol. The second-order valence-corrected chi connectivity index (χ2v) is 6.16. The van der Waals surface area contributed by atoms with Crippen LogP contribution in [0.4, 0.5) is 8.78 Å². The summed E-state index contributed by atoms with van der Waals surface area (Å²) in [5, 5.41) is 0. The molecule has 0 aromatic heterocycles. The third-order valence-corrected chi connectivity index (χ3v) is 4.62. The highest BCUT2D eigenvalue weighted by atomic mass is 19.2. The quantitative estimate of drug-likeness (QED) is 0.889. The highest BCUT2D eigenvalue weighted by Gasteiger charge is 2.27. The Morgan fingerprint density at radius 3 is 2.43 bits per heavy atom. The third-order valence-electron chi connectivity index (χ3n) is 4.62. The predicted molar refractivity (Wildman–Crippen MR) is 82.0 cm³/mol. The van der Waals surface area contributed by atoms with Gasteiger partial charge in [-0.1, -0.05) is 13.0 Å². The number of rotatable bonds is 5. The summed E-state index contributed by atoms with van der Waals surface area (Å²) < 4.78 is 26.6. The van der Waals surface area contributed by atoms with Crippen LogP contribution in [0.5, 0.6) is 0 Å². The molecule has 1 atom stereocenters. The highest BCUT2D eigenvalue weighted by molar-refractivity contribution is 5.21. The fourth-order valence-corrected chi connectivity index (χ4v) is 3.35. The first-order chi connectivity index (χ1) is 10.0. The summed E-state index contributed by atoms with van der Waals surface area (Å²) in [6, 6.07) is 5.16. The zero-order valence-electron chi connectivity index (χ0n) is 13.0. The molecule has 0 bridgehead atoms. The summed E-state index contributed by atoms with van der Waals surface area (Å²) in [5.74, 6) is -1.54. The Labute approximate surface area is 126 Å². The molecule has 2 rings (SSSR count). The third kappa shape index (κ3) is 4.01. The van der Waals surface area contributed by atoms with Gasteiger partial charge in [0.25, 0.3) is 0 Å². The molecule has 1 fully saturated rings. The van der Waals surface area contributed by atoms with Gasteiger partial charge in [-0.3, -0.25) is 4.90 Å². The minimum atomic E-state index is -0.781. The van der Waals surface area contributed by atoms with Crippen LogP contribution >= 0.6 is 0 Å². The molecule has 4 heteroatoms. The summed E-state index contributed by atoms with van der Waals surface area (Å²) in [7, 11) is 0. The maximum absolute atomic E-state index is 13.5. The highest BCUT2D eigenvalue weighted by Crippen LogP contribution is 2.30. The van der Waals surface area contributed by atoms with E-state index in [9.17, 15) is 8.78 Å². The van der Waals surface area contributed by atoms with Gasteiger partial charge in [-0.2, -0.15) is 0 Å². The summed E-state index contributed by atoms with van der Waals surface area (Å²) in [6.45, 7) is 5.20. The molecule has 1 aromatic rings. The lowest BCUT2D eigenvalue weighted by atomic mass is 9.89. The van der Waals surface area contributed by atoms with Crippen LogP contribution in [0.2, 0.25) is 0 Å². The van der Waals surface area contributed by atoms with Crippen LogP contribution in [-0.2, 0) is 0 Å². The van der Waals surface area contributed by atoms with E-state index < -0.39 is 11.6 Å². The van der Waals surface area contributed by atoms with E-state index in [2.05, 4.69) is 18.7 Å². The Morgan fingerprint density at radius 1 is 1.19 bits per heavy atom. The average molecular weight is 296 g/mol. The van der Waals surface area contributed by atoms with Crippen LogP contribution in [-0.4, -0.2) is 23.5 Å². The van der Waals surface area contributed by atoms with E-state index in [0.29, 0.717) is 12.1 Å². The van der Waals surface area contributed by atoms with Crippen LogP contribution < -0.4 is 5.73 Å². The Bertz CT molecular complexity index is 456. The van der Waals surface area contributed by atoms with E-state index >= 15 is 0 Å². The number of hydrogen-bond donors (Lipinski definition) is 1. The van der Waals surface area contributed by atoms with Crippen LogP contribution in [0.15, 0.2) is 18.2 Å². The van der Waals surface area contributed by atoms with Crippen molar-refractivity contribution in [1.29, 1.82) is 0 Å². The van der Waals surface area contributed by atoms with Crippen LogP contribution in [0.3, 0.4) is 0 Å². The lowest BCUT2D eigenvalue weighted by Crippen LogP contribution is -2.42. The Balaban J connectivity index is 2.14. The van der Waals surface area contributed by atoms with Crippen molar-refractivity contribution >= 4 is 0 Å². The summed E-state index contributed by atoms with van der Waals surface area (Å²) in [6.07, 6.45) is 5.34. The normalized spacial score (nSPS) is 24.3. The Hall–Kier alpha value is -1.00. The molecule has 2 nitrogen and oxygen atoms in total. The smallest absolute Gasteiger partial charge is 0.159 e. The molecule has 0 spiro atoms. The molecule has 2 N–H and O–H groups in total. The molecule has 21 heavy (non-hydrogen) atoms. The molecule has 0 saturated heterocycles. The van der Waals surface area contributed by atoms with Gasteiger partial charge in [0.05, 0.1) is 0 Å². The van der Waals surface area contributed by atoms with Gasteiger partial charge < -0.3 is 5.73 Å². The maximum Gasteiger partial charge on any atom is 0.159 e. The van der Waals surface area contributed by atoms with Crippen LogP contribution in [0.25, 0.3) is 0 Å². The summed E-state index contributed by atoms with van der Waals surface area (Å²) in [4.78, 5) is 2.43. The zero-order chi connectivity index (χ0) is 15.4. The molecule has 1 saturated carbocycles. The average Bonchev–Trinajstić information content (AvgIpc) is 2.48. The lowest BCUT2D eigenvalue weighted by molar-refractivity contribution is 0.107. The van der Waals surface area contributed by atoms with Crippen molar-refractivity contribution in [2.24, 2.45) is 5.73 Å². The van der Waals surface area contributed by atoms with E-state index in [1.807, 2.05) is 0 Å². The number of benzene rings is 1. The topological polar surface area (TPSA) is 29.3 Å². The van der Waals surface area contributed by atoms with Crippen LogP contribution in [0, 0.1) is 11.6 Å². The van der Waals surface area contributed by atoms with E-state index in [4.69, 9.17) is 5.73 Å². The second kappa shape index (κ2) is 7.32. The fraction of sp³-hybridized carbons (Fsp3) is 0.647. The van der Waals surface area contributed by atoms with Gasteiger partial charge in [0, 0.05) is 18.1 Å². The van der Waals surface area contributed by atoms with Crippen LogP contribution in [0.1, 0.15) is 57.6 Å². The molecule has 1 aliphatic rings. The molecule has 0 radical (unpaired) electrons. The standard InChI is InChI=1S/C17H26F2N2/c1-3-10-21(15-7-5-14(20)6-8-15)12(2)13-4-9-16(18)17(19)11-13/h4,9,11-12,14-15H,3,5-8,10,20H2,1-2H3. The SMILES string of the molecule is CCCN(C1CCC(N)CC1)C(C)c1ccc(F)c(F)c1. The molecule has 0 amide bonds. The largest absolute Gasteiger partial charge is 0.328 e. The first-order valence-electron chi connectivity index (χ1n) is 7.99. The van der Waals surface area contributed by atoms with E-state index in [1.54, 1.807) is 6.07 Å². The lowest BCUT2D eigenvalue weighted by Gasteiger charge is -2.40. The number of nitrogens with two attached hydrogens (primary N) is 1. The van der Waals surface area contributed by atoms with Gasteiger partial charge in [-0.25, -0.2) is 8.78 Å². The fourth-order valence-electron chi connectivity index (χ4n) is 3.35. The van der Waals surface area contributed by atoms with Gasteiger partial charge in [0.15, 0.2) is 11.6 Å². The molecule has 118 valence electrons. The van der Waals surface area contributed by atoms with Crippen molar-refractivity contribution in [3.63, 3.8) is 0 Å². The monoisotopic (exact) mass is 296 g/mol. The predicted octanol–water partition coefficient (Wildman–Crippen LogP) is 4.01. The van der Waals surface area contributed by atoms with E-state index in [1.165, 1.54) is 12.1 Å². The van der Waals surface area contributed by atoms with Gasteiger partial charge in [-0.15, -0.1) is 0 Å². The minimum Gasteiger partial charge on any atom is -0.328 e. The maximum atomic E-state index is 13.5. The van der Waals surface area contributed by atoms with Gasteiger partial charge >= 0.3 is 0 Å². The van der Waals surface area contributed by atoms with Crippen molar-refractivity contribution in [2.45, 2.75) is 64.1 Å². The molecule has 1 unspecified atom stereocenters.